The molecular formula is C7H13F2N. The van der Waals surface area contributed by atoms with Crippen molar-refractivity contribution in [2.75, 3.05) is 13.3 Å². The summed E-state index contributed by atoms with van der Waals surface area (Å²) in [7, 11) is 0. The van der Waals surface area contributed by atoms with E-state index in [1.54, 1.807) is 0 Å². The minimum atomic E-state index is -0.574. The maximum absolute atomic E-state index is 11.9. The normalized spacial score (nSPS) is 21.6. The maximum Gasteiger partial charge on any atom is 0.0948 e. The molecule has 0 bridgehead atoms. The first-order valence-corrected chi connectivity index (χ1v) is 3.61. The van der Waals surface area contributed by atoms with Crippen molar-refractivity contribution in [2.45, 2.75) is 24.8 Å². The molecule has 0 atom stereocenters. The molecule has 0 radical (unpaired) electrons. The van der Waals surface area contributed by atoms with E-state index in [0.717, 1.165) is 12.8 Å². The van der Waals surface area contributed by atoms with E-state index < -0.39 is 19.3 Å². The molecule has 0 aromatic rings. The van der Waals surface area contributed by atoms with Crippen molar-refractivity contribution < 1.29 is 8.78 Å². The van der Waals surface area contributed by atoms with Crippen molar-refractivity contribution in [2.24, 2.45) is 11.7 Å². The lowest BCUT2D eigenvalue weighted by Crippen LogP contribution is -2.26. The van der Waals surface area contributed by atoms with Crippen LogP contribution in [0.2, 0.25) is 0 Å². The highest BCUT2D eigenvalue weighted by Crippen LogP contribution is 2.38. The van der Waals surface area contributed by atoms with Crippen molar-refractivity contribution in [1.29, 1.82) is 0 Å². The van der Waals surface area contributed by atoms with Gasteiger partial charge in [-0.3, -0.25) is 8.78 Å². The van der Waals surface area contributed by atoms with Crippen LogP contribution in [0.15, 0.2) is 0 Å². The minimum Gasteiger partial charge on any atom is -0.325 e. The number of rotatable bonds is 4. The molecule has 0 amide bonds. The Morgan fingerprint density at radius 2 is 1.80 bits per heavy atom. The summed E-state index contributed by atoms with van der Waals surface area (Å²) in [5, 5.41) is 0. The Morgan fingerprint density at radius 1 is 1.30 bits per heavy atom. The Labute approximate surface area is 59.6 Å². The second-order valence-electron chi connectivity index (χ2n) is 3.24. The SMILES string of the molecule is NC1(CC(CF)CF)CC1. The Balaban J connectivity index is 2.21. The quantitative estimate of drug-likeness (QED) is 0.642. The Kier molecular flexibility index (Phi) is 2.24. The molecule has 1 nitrogen and oxygen atoms in total. The molecule has 0 saturated heterocycles. The first-order chi connectivity index (χ1) is 4.70. The van der Waals surface area contributed by atoms with Crippen LogP contribution in [-0.2, 0) is 0 Å². The van der Waals surface area contributed by atoms with Crippen LogP contribution in [0.5, 0.6) is 0 Å². The van der Waals surface area contributed by atoms with Gasteiger partial charge in [-0.15, -0.1) is 0 Å². The molecule has 0 heterocycles. The van der Waals surface area contributed by atoms with Gasteiger partial charge in [0.15, 0.2) is 0 Å². The average molecular weight is 149 g/mol. The van der Waals surface area contributed by atoms with Gasteiger partial charge in [0.1, 0.15) is 0 Å². The van der Waals surface area contributed by atoms with E-state index in [9.17, 15) is 8.78 Å². The summed E-state index contributed by atoms with van der Waals surface area (Å²) in [4.78, 5) is 0. The van der Waals surface area contributed by atoms with Crippen molar-refractivity contribution in [1.82, 2.24) is 0 Å². The highest BCUT2D eigenvalue weighted by molar-refractivity contribution is 4.99. The summed E-state index contributed by atoms with van der Waals surface area (Å²) >= 11 is 0. The fraction of sp³-hybridized carbons (Fsp3) is 1.00. The summed E-state index contributed by atoms with van der Waals surface area (Å²) in [6.45, 7) is -1.15. The molecule has 10 heavy (non-hydrogen) atoms. The number of hydrogen-bond donors (Lipinski definition) is 1. The third kappa shape index (κ3) is 1.90. The molecule has 0 aliphatic heterocycles. The van der Waals surface area contributed by atoms with Gasteiger partial charge in [-0.05, 0) is 19.3 Å². The molecule has 1 fully saturated rings. The lowest BCUT2D eigenvalue weighted by Gasteiger charge is -2.13. The van der Waals surface area contributed by atoms with Crippen molar-refractivity contribution in [3.63, 3.8) is 0 Å². The average Bonchev–Trinajstić information content (AvgIpc) is 2.64. The van der Waals surface area contributed by atoms with E-state index in [2.05, 4.69) is 0 Å². The second-order valence-corrected chi connectivity index (χ2v) is 3.24. The molecular weight excluding hydrogens is 136 g/mol. The monoisotopic (exact) mass is 149 g/mol. The van der Waals surface area contributed by atoms with E-state index in [-0.39, 0.29) is 5.54 Å². The van der Waals surface area contributed by atoms with E-state index >= 15 is 0 Å². The molecule has 1 saturated carbocycles. The van der Waals surface area contributed by atoms with Gasteiger partial charge in [-0.2, -0.15) is 0 Å². The standard InChI is InChI=1S/C7H13F2N/c8-4-6(5-9)3-7(10)1-2-7/h6H,1-5,10H2. The van der Waals surface area contributed by atoms with Crippen LogP contribution in [-0.4, -0.2) is 18.9 Å². The van der Waals surface area contributed by atoms with Gasteiger partial charge in [-0.25, -0.2) is 0 Å². The number of hydrogen-bond acceptors (Lipinski definition) is 1. The minimum absolute atomic E-state index is 0.206. The summed E-state index contributed by atoms with van der Waals surface area (Å²) < 4.78 is 23.8. The summed E-state index contributed by atoms with van der Waals surface area (Å²) in [5.41, 5.74) is 5.46. The molecule has 3 heteroatoms. The van der Waals surface area contributed by atoms with Gasteiger partial charge in [-0.1, -0.05) is 0 Å². The third-order valence-corrected chi connectivity index (χ3v) is 2.02. The Hall–Kier alpha value is -0.180. The van der Waals surface area contributed by atoms with Crippen molar-refractivity contribution >= 4 is 0 Å². The van der Waals surface area contributed by atoms with E-state index in [0.29, 0.717) is 6.42 Å². The van der Waals surface area contributed by atoms with E-state index in [1.165, 1.54) is 0 Å². The van der Waals surface area contributed by atoms with Gasteiger partial charge >= 0.3 is 0 Å². The first kappa shape index (κ1) is 7.92. The van der Waals surface area contributed by atoms with Crippen molar-refractivity contribution in [3.8, 4) is 0 Å². The second kappa shape index (κ2) is 2.82. The molecule has 0 aromatic heterocycles. The molecule has 1 aliphatic rings. The van der Waals surface area contributed by atoms with Crippen LogP contribution in [0.3, 0.4) is 0 Å². The lowest BCUT2D eigenvalue weighted by atomic mass is 10.0. The fourth-order valence-electron chi connectivity index (χ4n) is 1.09. The van der Waals surface area contributed by atoms with Gasteiger partial charge < -0.3 is 5.73 Å². The van der Waals surface area contributed by atoms with Crippen LogP contribution < -0.4 is 5.73 Å². The zero-order chi connectivity index (χ0) is 7.61. The largest absolute Gasteiger partial charge is 0.325 e. The first-order valence-electron chi connectivity index (χ1n) is 3.61. The van der Waals surface area contributed by atoms with E-state index in [1.807, 2.05) is 0 Å². The van der Waals surface area contributed by atoms with Gasteiger partial charge in [0.25, 0.3) is 0 Å². The molecule has 0 aromatic carbocycles. The van der Waals surface area contributed by atoms with Crippen LogP contribution in [0.25, 0.3) is 0 Å². The predicted molar refractivity (Wildman–Crippen MR) is 36.2 cm³/mol. The van der Waals surface area contributed by atoms with E-state index in [4.69, 9.17) is 5.73 Å². The molecule has 0 spiro atoms. The Morgan fingerprint density at radius 3 is 2.10 bits per heavy atom. The van der Waals surface area contributed by atoms with Crippen LogP contribution >= 0.6 is 0 Å². The van der Waals surface area contributed by atoms with Crippen LogP contribution in [0.4, 0.5) is 8.78 Å². The highest BCUT2D eigenvalue weighted by atomic mass is 19.1. The van der Waals surface area contributed by atoms with Gasteiger partial charge in [0, 0.05) is 11.5 Å². The smallest absolute Gasteiger partial charge is 0.0948 e. The highest BCUT2D eigenvalue weighted by Gasteiger charge is 2.39. The molecule has 1 rings (SSSR count). The van der Waals surface area contributed by atoms with Crippen LogP contribution in [0.1, 0.15) is 19.3 Å². The number of alkyl halides is 2. The molecule has 0 unspecified atom stereocenters. The zero-order valence-electron chi connectivity index (χ0n) is 5.95. The van der Waals surface area contributed by atoms with Gasteiger partial charge in [0.2, 0.25) is 0 Å². The molecule has 1 aliphatic carbocycles. The topological polar surface area (TPSA) is 26.0 Å². The van der Waals surface area contributed by atoms with Crippen molar-refractivity contribution in [3.05, 3.63) is 0 Å². The summed E-state index contributed by atoms with van der Waals surface area (Å²) in [6, 6.07) is 0. The molecule has 2 N–H and O–H groups in total. The fourth-order valence-corrected chi connectivity index (χ4v) is 1.09. The predicted octanol–water partition coefficient (Wildman–Crippen LogP) is 1.42. The summed E-state index contributed by atoms with van der Waals surface area (Å²) in [6.07, 6.45) is 2.38. The molecule has 60 valence electrons. The summed E-state index contributed by atoms with van der Waals surface area (Å²) in [5.74, 6) is -0.451. The number of nitrogens with two attached hydrogens (primary N) is 1. The third-order valence-electron chi connectivity index (χ3n) is 2.02. The lowest BCUT2D eigenvalue weighted by molar-refractivity contribution is 0.258. The number of halogens is 2. The van der Waals surface area contributed by atoms with Crippen LogP contribution in [0, 0.1) is 5.92 Å². The van der Waals surface area contributed by atoms with Gasteiger partial charge in [0.05, 0.1) is 13.3 Å². The Bertz CT molecular complexity index is 108. The zero-order valence-corrected chi connectivity index (χ0v) is 5.95. The maximum atomic E-state index is 11.9.